The quantitative estimate of drug-likeness (QED) is 0.890. The molecule has 100 valence electrons. The number of halogens is 1. The lowest BCUT2D eigenvalue weighted by molar-refractivity contribution is 0.178. The number of benzene rings is 2. The van der Waals surface area contributed by atoms with Gasteiger partial charge in [0.15, 0.2) is 0 Å². The zero-order chi connectivity index (χ0) is 13.7. The minimum absolute atomic E-state index is 0.170. The van der Waals surface area contributed by atoms with Gasteiger partial charge in [0.05, 0.1) is 6.10 Å². The van der Waals surface area contributed by atoms with E-state index >= 15 is 0 Å². The first kappa shape index (κ1) is 14.1. The van der Waals surface area contributed by atoms with Crippen molar-refractivity contribution in [3.63, 3.8) is 0 Å². The fourth-order valence-electron chi connectivity index (χ4n) is 1.77. The summed E-state index contributed by atoms with van der Waals surface area (Å²) in [5, 5.41) is 9.88. The van der Waals surface area contributed by atoms with Crippen LogP contribution in [0, 0.1) is 0 Å². The second-order valence-electron chi connectivity index (χ2n) is 4.21. The van der Waals surface area contributed by atoms with Crippen LogP contribution in [0.15, 0.2) is 53.0 Å². The molecule has 0 aliphatic heterocycles. The van der Waals surface area contributed by atoms with Gasteiger partial charge in [-0.25, -0.2) is 0 Å². The SMILES string of the molecule is NC[C@@H](O)c1ccc(Br)cc1OCc1ccccc1. The molecule has 4 heteroatoms. The van der Waals surface area contributed by atoms with Crippen molar-refractivity contribution in [3.05, 3.63) is 64.1 Å². The highest BCUT2D eigenvalue weighted by Gasteiger charge is 2.12. The van der Waals surface area contributed by atoms with Crippen molar-refractivity contribution in [1.82, 2.24) is 0 Å². The summed E-state index contributed by atoms with van der Waals surface area (Å²) in [4.78, 5) is 0. The third-order valence-electron chi connectivity index (χ3n) is 2.80. The highest BCUT2D eigenvalue weighted by Crippen LogP contribution is 2.29. The maximum atomic E-state index is 9.88. The van der Waals surface area contributed by atoms with Crippen LogP contribution in [-0.2, 0) is 6.61 Å². The van der Waals surface area contributed by atoms with Crippen LogP contribution in [0.2, 0.25) is 0 Å². The first-order chi connectivity index (χ1) is 9.20. The van der Waals surface area contributed by atoms with Crippen LogP contribution < -0.4 is 10.5 Å². The van der Waals surface area contributed by atoms with Gasteiger partial charge in [0, 0.05) is 16.6 Å². The molecule has 2 rings (SSSR count). The average molecular weight is 322 g/mol. The lowest BCUT2D eigenvalue weighted by Gasteiger charge is -2.15. The summed E-state index contributed by atoms with van der Waals surface area (Å²) in [5.41, 5.74) is 7.29. The molecule has 1 atom stereocenters. The van der Waals surface area contributed by atoms with E-state index in [1.165, 1.54) is 0 Å². The van der Waals surface area contributed by atoms with Crippen molar-refractivity contribution in [3.8, 4) is 5.75 Å². The summed E-state index contributed by atoms with van der Waals surface area (Å²) in [6.07, 6.45) is -0.709. The highest BCUT2D eigenvalue weighted by molar-refractivity contribution is 9.10. The van der Waals surface area contributed by atoms with Crippen molar-refractivity contribution >= 4 is 15.9 Å². The summed E-state index contributed by atoms with van der Waals surface area (Å²) >= 11 is 3.40. The largest absolute Gasteiger partial charge is 0.488 e. The Bertz CT molecular complexity index is 531. The summed E-state index contributed by atoms with van der Waals surface area (Å²) in [6, 6.07) is 15.4. The van der Waals surface area contributed by atoms with Gasteiger partial charge in [0.2, 0.25) is 0 Å². The van der Waals surface area contributed by atoms with Crippen molar-refractivity contribution in [2.45, 2.75) is 12.7 Å². The van der Waals surface area contributed by atoms with Gasteiger partial charge in [-0.15, -0.1) is 0 Å². The standard InChI is InChI=1S/C15H16BrNO2/c16-12-6-7-13(14(18)9-17)15(8-12)19-10-11-4-2-1-3-5-11/h1-8,14,18H,9-10,17H2/t14-/m1/s1. The number of aliphatic hydroxyl groups is 1. The molecule has 2 aromatic rings. The molecule has 0 aromatic heterocycles. The van der Waals surface area contributed by atoms with Gasteiger partial charge in [-0.1, -0.05) is 52.3 Å². The van der Waals surface area contributed by atoms with Crippen LogP contribution in [0.4, 0.5) is 0 Å². The van der Waals surface area contributed by atoms with Gasteiger partial charge >= 0.3 is 0 Å². The second-order valence-corrected chi connectivity index (χ2v) is 5.12. The molecule has 0 saturated heterocycles. The minimum Gasteiger partial charge on any atom is -0.488 e. The van der Waals surface area contributed by atoms with Gasteiger partial charge in [-0.2, -0.15) is 0 Å². The molecule has 3 nitrogen and oxygen atoms in total. The first-order valence-corrected chi connectivity index (χ1v) is 6.84. The number of nitrogens with two attached hydrogens (primary N) is 1. The smallest absolute Gasteiger partial charge is 0.126 e. The van der Waals surface area contributed by atoms with Crippen LogP contribution in [0.1, 0.15) is 17.2 Å². The average Bonchev–Trinajstić information content (AvgIpc) is 2.45. The molecule has 0 aliphatic rings. The van der Waals surface area contributed by atoms with E-state index in [1.807, 2.05) is 48.5 Å². The molecule has 0 aliphatic carbocycles. The zero-order valence-electron chi connectivity index (χ0n) is 10.4. The van der Waals surface area contributed by atoms with Gasteiger partial charge in [0.25, 0.3) is 0 Å². The van der Waals surface area contributed by atoms with Crippen LogP contribution in [0.5, 0.6) is 5.75 Å². The lowest BCUT2D eigenvalue weighted by atomic mass is 10.1. The number of aliphatic hydroxyl groups excluding tert-OH is 1. The predicted molar refractivity (Wildman–Crippen MR) is 78.9 cm³/mol. The molecule has 0 bridgehead atoms. The monoisotopic (exact) mass is 321 g/mol. The molecule has 0 heterocycles. The van der Waals surface area contributed by atoms with Gasteiger partial charge < -0.3 is 15.6 Å². The second kappa shape index (κ2) is 6.70. The summed E-state index contributed by atoms with van der Waals surface area (Å²) in [6.45, 7) is 0.630. The molecule has 0 fully saturated rings. The van der Waals surface area contributed by atoms with E-state index in [4.69, 9.17) is 10.5 Å². The lowest BCUT2D eigenvalue weighted by Crippen LogP contribution is -2.13. The fourth-order valence-corrected chi connectivity index (χ4v) is 2.11. The summed E-state index contributed by atoms with van der Waals surface area (Å²) in [7, 11) is 0. The molecule has 0 unspecified atom stereocenters. The molecule has 0 amide bonds. The Labute approximate surface area is 121 Å². The van der Waals surface area contributed by atoms with Crippen molar-refractivity contribution in [2.75, 3.05) is 6.54 Å². The molecule has 2 aromatic carbocycles. The number of rotatable bonds is 5. The Hall–Kier alpha value is -1.36. The normalized spacial score (nSPS) is 12.2. The third-order valence-corrected chi connectivity index (χ3v) is 3.29. The first-order valence-electron chi connectivity index (χ1n) is 6.05. The van der Waals surface area contributed by atoms with E-state index in [2.05, 4.69) is 15.9 Å². The maximum absolute atomic E-state index is 9.88. The zero-order valence-corrected chi connectivity index (χ0v) is 12.0. The Morgan fingerprint density at radius 2 is 1.89 bits per heavy atom. The highest BCUT2D eigenvalue weighted by atomic mass is 79.9. The third kappa shape index (κ3) is 3.80. The summed E-state index contributed by atoms with van der Waals surface area (Å²) < 4.78 is 6.69. The molecule has 0 saturated carbocycles. The molecule has 0 radical (unpaired) electrons. The van der Waals surface area contributed by atoms with Crippen LogP contribution in [0.25, 0.3) is 0 Å². The van der Waals surface area contributed by atoms with Crippen molar-refractivity contribution in [1.29, 1.82) is 0 Å². The molecular weight excluding hydrogens is 306 g/mol. The number of ether oxygens (including phenoxy) is 1. The van der Waals surface area contributed by atoms with E-state index in [0.29, 0.717) is 17.9 Å². The maximum Gasteiger partial charge on any atom is 0.126 e. The van der Waals surface area contributed by atoms with E-state index in [9.17, 15) is 5.11 Å². The molecule has 0 spiro atoms. The molecular formula is C15H16BrNO2. The van der Waals surface area contributed by atoms with Gasteiger partial charge in [0.1, 0.15) is 12.4 Å². The predicted octanol–water partition coefficient (Wildman–Crippen LogP) is 3.02. The number of hydrogen-bond acceptors (Lipinski definition) is 3. The van der Waals surface area contributed by atoms with Crippen LogP contribution >= 0.6 is 15.9 Å². The Kier molecular flexibility index (Phi) is 4.96. The van der Waals surface area contributed by atoms with Crippen LogP contribution in [0.3, 0.4) is 0 Å². The Balaban J connectivity index is 2.16. The van der Waals surface area contributed by atoms with Gasteiger partial charge in [-0.3, -0.25) is 0 Å². The fraction of sp³-hybridized carbons (Fsp3) is 0.200. The Morgan fingerprint density at radius 1 is 1.16 bits per heavy atom. The minimum atomic E-state index is -0.709. The molecule has 3 N–H and O–H groups in total. The van der Waals surface area contributed by atoms with Crippen molar-refractivity contribution in [2.24, 2.45) is 5.73 Å². The van der Waals surface area contributed by atoms with Crippen LogP contribution in [-0.4, -0.2) is 11.7 Å². The van der Waals surface area contributed by atoms with E-state index in [1.54, 1.807) is 0 Å². The van der Waals surface area contributed by atoms with E-state index in [0.717, 1.165) is 10.0 Å². The Morgan fingerprint density at radius 3 is 2.58 bits per heavy atom. The summed E-state index contributed by atoms with van der Waals surface area (Å²) in [5.74, 6) is 0.649. The number of hydrogen-bond donors (Lipinski definition) is 2. The molecule has 19 heavy (non-hydrogen) atoms. The van der Waals surface area contributed by atoms with Crippen molar-refractivity contribution < 1.29 is 9.84 Å². The van der Waals surface area contributed by atoms with E-state index < -0.39 is 6.10 Å². The van der Waals surface area contributed by atoms with Gasteiger partial charge in [-0.05, 0) is 17.7 Å². The van der Waals surface area contributed by atoms with E-state index in [-0.39, 0.29) is 6.54 Å². The topological polar surface area (TPSA) is 55.5 Å².